The van der Waals surface area contributed by atoms with Gasteiger partial charge in [-0.25, -0.2) is 0 Å². The Hall–Kier alpha value is -2.11. The van der Waals surface area contributed by atoms with Crippen LogP contribution in [0.15, 0.2) is 36.4 Å². The van der Waals surface area contributed by atoms with Crippen molar-refractivity contribution in [3.05, 3.63) is 47.0 Å². The topological polar surface area (TPSA) is 49.0 Å². The third-order valence-electron chi connectivity index (χ3n) is 3.41. The van der Waals surface area contributed by atoms with E-state index in [0.29, 0.717) is 48.6 Å². The molecule has 0 saturated heterocycles. The van der Waals surface area contributed by atoms with Gasteiger partial charge in [-0.3, -0.25) is 0 Å². The molecule has 0 amide bonds. The summed E-state index contributed by atoms with van der Waals surface area (Å²) in [7, 11) is 3.47. The van der Waals surface area contributed by atoms with Crippen molar-refractivity contribution in [2.45, 2.75) is 13.5 Å². The molecule has 0 bridgehead atoms. The lowest BCUT2D eigenvalue weighted by Crippen LogP contribution is -2.11. The molecule has 0 fully saturated rings. The quantitative estimate of drug-likeness (QED) is 0.646. The Kier molecular flexibility index (Phi) is 7.70. The Balaban J connectivity index is 1.96. The number of benzene rings is 2. The predicted molar refractivity (Wildman–Crippen MR) is 99.4 cm³/mol. The van der Waals surface area contributed by atoms with Crippen molar-refractivity contribution in [1.29, 1.82) is 0 Å². The molecule has 0 heterocycles. The second-order valence-electron chi connectivity index (χ2n) is 5.22. The van der Waals surface area contributed by atoms with E-state index in [1.54, 1.807) is 7.11 Å². The summed E-state index contributed by atoms with van der Waals surface area (Å²) in [5.74, 6) is 2.53. The van der Waals surface area contributed by atoms with Crippen molar-refractivity contribution in [3.8, 4) is 23.0 Å². The molecule has 0 aliphatic carbocycles. The number of halogens is 1. The van der Waals surface area contributed by atoms with E-state index in [1.807, 2.05) is 50.4 Å². The van der Waals surface area contributed by atoms with Crippen LogP contribution in [0.1, 0.15) is 12.5 Å². The van der Waals surface area contributed by atoms with E-state index in [4.69, 9.17) is 30.5 Å². The van der Waals surface area contributed by atoms with Gasteiger partial charge in [0.2, 0.25) is 0 Å². The zero-order valence-electron chi connectivity index (χ0n) is 14.8. The average Bonchev–Trinajstić information content (AvgIpc) is 2.61. The normalized spacial score (nSPS) is 10.4. The van der Waals surface area contributed by atoms with Gasteiger partial charge in [0.25, 0.3) is 0 Å². The highest BCUT2D eigenvalue weighted by molar-refractivity contribution is 6.32. The summed E-state index contributed by atoms with van der Waals surface area (Å²) in [4.78, 5) is 0. The summed E-state index contributed by atoms with van der Waals surface area (Å²) in [5.41, 5.74) is 1.03. The second-order valence-corrected chi connectivity index (χ2v) is 5.62. The Morgan fingerprint density at radius 2 is 1.64 bits per heavy atom. The number of ether oxygens (including phenoxy) is 4. The molecular formula is C19H24ClNO4. The zero-order valence-corrected chi connectivity index (χ0v) is 15.6. The van der Waals surface area contributed by atoms with Gasteiger partial charge in [-0.1, -0.05) is 23.7 Å². The monoisotopic (exact) mass is 365 g/mol. The number of methoxy groups -OCH3 is 1. The van der Waals surface area contributed by atoms with Crippen molar-refractivity contribution in [3.63, 3.8) is 0 Å². The molecule has 0 atom stereocenters. The molecule has 5 nitrogen and oxygen atoms in total. The molecule has 1 N–H and O–H groups in total. The highest BCUT2D eigenvalue weighted by Gasteiger charge is 2.12. The molecule has 0 aliphatic rings. The van der Waals surface area contributed by atoms with Gasteiger partial charge in [-0.15, -0.1) is 0 Å². The van der Waals surface area contributed by atoms with Crippen molar-refractivity contribution in [2.75, 3.05) is 34.0 Å². The van der Waals surface area contributed by atoms with Crippen LogP contribution in [-0.2, 0) is 6.54 Å². The van der Waals surface area contributed by atoms with E-state index in [-0.39, 0.29) is 0 Å². The molecule has 0 unspecified atom stereocenters. The van der Waals surface area contributed by atoms with Crippen LogP contribution in [0.3, 0.4) is 0 Å². The lowest BCUT2D eigenvalue weighted by molar-refractivity contribution is 0.203. The number of hydrogen-bond donors (Lipinski definition) is 1. The van der Waals surface area contributed by atoms with Crippen LogP contribution < -0.4 is 24.3 Å². The lowest BCUT2D eigenvalue weighted by Gasteiger charge is -2.15. The minimum Gasteiger partial charge on any atom is -0.493 e. The SMILES string of the molecule is CCOc1ccccc1OCCOc1c(Cl)cc(CNC)cc1OC. The zero-order chi connectivity index (χ0) is 18.1. The highest BCUT2D eigenvalue weighted by atomic mass is 35.5. The molecule has 6 heteroatoms. The van der Waals surface area contributed by atoms with Gasteiger partial charge >= 0.3 is 0 Å². The summed E-state index contributed by atoms with van der Waals surface area (Å²) >= 11 is 6.32. The fraction of sp³-hybridized carbons (Fsp3) is 0.368. The molecule has 2 aromatic carbocycles. The standard InChI is InChI=1S/C19H24ClNO4/c1-4-23-16-7-5-6-8-17(16)24-9-10-25-19-15(20)11-14(13-21-2)12-18(19)22-3/h5-8,11-12,21H,4,9-10,13H2,1-3H3. The predicted octanol–water partition coefficient (Wildman–Crippen LogP) is 3.92. The first-order valence-electron chi connectivity index (χ1n) is 8.18. The Morgan fingerprint density at radius 3 is 2.28 bits per heavy atom. The van der Waals surface area contributed by atoms with Gasteiger partial charge < -0.3 is 24.3 Å². The Bertz CT molecular complexity index is 678. The highest BCUT2D eigenvalue weighted by Crippen LogP contribution is 2.36. The van der Waals surface area contributed by atoms with E-state index >= 15 is 0 Å². The fourth-order valence-corrected chi connectivity index (χ4v) is 2.65. The molecule has 25 heavy (non-hydrogen) atoms. The molecule has 136 valence electrons. The van der Waals surface area contributed by atoms with Crippen LogP contribution in [-0.4, -0.2) is 34.0 Å². The van der Waals surface area contributed by atoms with Crippen LogP contribution in [0.5, 0.6) is 23.0 Å². The van der Waals surface area contributed by atoms with Gasteiger partial charge in [0.05, 0.1) is 18.7 Å². The Labute approximate surface area is 153 Å². The molecule has 0 spiro atoms. The first kappa shape index (κ1) is 19.2. The van der Waals surface area contributed by atoms with Crippen LogP contribution >= 0.6 is 11.6 Å². The molecule has 2 rings (SSSR count). The number of para-hydroxylation sites is 2. The molecule has 2 aromatic rings. The average molecular weight is 366 g/mol. The first-order valence-corrected chi connectivity index (χ1v) is 8.55. The smallest absolute Gasteiger partial charge is 0.179 e. The van der Waals surface area contributed by atoms with Gasteiger partial charge in [-0.2, -0.15) is 0 Å². The van der Waals surface area contributed by atoms with Crippen LogP contribution in [0, 0.1) is 0 Å². The van der Waals surface area contributed by atoms with Gasteiger partial charge in [0, 0.05) is 6.54 Å². The maximum atomic E-state index is 6.32. The maximum Gasteiger partial charge on any atom is 0.179 e. The van der Waals surface area contributed by atoms with Crippen molar-refractivity contribution >= 4 is 11.6 Å². The number of nitrogens with one attached hydrogen (secondary N) is 1. The molecule has 0 aromatic heterocycles. The summed E-state index contributed by atoms with van der Waals surface area (Å²) in [5, 5.41) is 3.59. The van der Waals surface area contributed by atoms with Crippen LogP contribution in [0.2, 0.25) is 5.02 Å². The van der Waals surface area contributed by atoms with Crippen molar-refractivity contribution in [2.24, 2.45) is 0 Å². The largest absolute Gasteiger partial charge is 0.493 e. The molecule has 0 saturated carbocycles. The minimum atomic E-state index is 0.335. The van der Waals surface area contributed by atoms with Gasteiger partial charge in [0.15, 0.2) is 23.0 Å². The van der Waals surface area contributed by atoms with Crippen molar-refractivity contribution in [1.82, 2.24) is 5.32 Å². The van der Waals surface area contributed by atoms with Crippen LogP contribution in [0.4, 0.5) is 0 Å². The molecule has 0 aliphatic heterocycles. The summed E-state index contributed by atoms with van der Waals surface area (Å²) in [6.07, 6.45) is 0. The number of rotatable bonds is 10. The van der Waals surface area contributed by atoms with E-state index < -0.39 is 0 Å². The third-order valence-corrected chi connectivity index (χ3v) is 3.69. The maximum absolute atomic E-state index is 6.32. The number of hydrogen-bond acceptors (Lipinski definition) is 5. The van der Waals surface area contributed by atoms with Crippen LogP contribution in [0.25, 0.3) is 0 Å². The van der Waals surface area contributed by atoms with Gasteiger partial charge in [0.1, 0.15) is 13.2 Å². The van der Waals surface area contributed by atoms with Gasteiger partial charge in [-0.05, 0) is 43.8 Å². The molecular weight excluding hydrogens is 342 g/mol. The van der Waals surface area contributed by atoms with E-state index in [2.05, 4.69) is 5.32 Å². The van der Waals surface area contributed by atoms with E-state index in [0.717, 1.165) is 11.3 Å². The lowest BCUT2D eigenvalue weighted by atomic mass is 10.2. The Morgan fingerprint density at radius 1 is 0.960 bits per heavy atom. The first-order chi connectivity index (χ1) is 12.2. The summed E-state index contributed by atoms with van der Waals surface area (Å²) < 4.78 is 22.4. The van der Waals surface area contributed by atoms with E-state index in [1.165, 1.54) is 0 Å². The fourth-order valence-electron chi connectivity index (χ4n) is 2.36. The van der Waals surface area contributed by atoms with Crippen molar-refractivity contribution < 1.29 is 18.9 Å². The summed E-state index contributed by atoms with van der Waals surface area (Å²) in [6, 6.07) is 11.3. The molecule has 0 radical (unpaired) electrons. The minimum absolute atomic E-state index is 0.335. The summed E-state index contributed by atoms with van der Waals surface area (Å²) in [6.45, 7) is 3.92. The second kappa shape index (κ2) is 10.0. The van der Waals surface area contributed by atoms with E-state index in [9.17, 15) is 0 Å². The third kappa shape index (κ3) is 5.44.